The van der Waals surface area contributed by atoms with Gasteiger partial charge in [0.25, 0.3) is 5.91 Å². The van der Waals surface area contributed by atoms with Crippen molar-refractivity contribution in [3.63, 3.8) is 0 Å². The van der Waals surface area contributed by atoms with E-state index in [1.807, 2.05) is 0 Å². The van der Waals surface area contributed by atoms with Crippen LogP contribution in [0.25, 0.3) is 0 Å². The summed E-state index contributed by atoms with van der Waals surface area (Å²) in [6.07, 6.45) is 0.500. The largest absolute Gasteiger partial charge is 0.493 e. The van der Waals surface area contributed by atoms with Gasteiger partial charge in [-0.25, -0.2) is 0 Å². The Hall–Kier alpha value is -3.22. The summed E-state index contributed by atoms with van der Waals surface area (Å²) in [5.41, 5.74) is 2.06. The standard InChI is InChI=1S/C20H21NO6/c1-25-17-6-3-12(10-18(17)26-2)15(11-19(22)23)21-20(24)14-4-5-16-13(9-14)7-8-27-16/h3-6,9-10,15H,7-8,11H2,1-2H3,(H,21,24)(H,22,23)/t15-/m1/s1. The molecule has 1 atom stereocenters. The van der Waals surface area contributed by atoms with E-state index in [0.29, 0.717) is 29.2 Å². The molecule has 0 radical (unpaired) electrons. The molecule has 0 spiro atoms. The summed E-state index contributed by atoms with van der Waals surface area (Å²) in [7, 11) is 3.02. The summed E-state index contributed by atoms with van der Waals surface area (Å²) in [6, 6.07) is 9.58. The van der Waals surface area contributed by atoms with Gasteiger partial charge in [0.2, 0.25) is 0 Å². The first-order valence-electron chi connectivity index (χ1n) is 8.52. The molecule has 2 aromatic carbocycles. The number of ether oxygens (including phenoxy) is 3. The van der Waals surface area contributed by atoms with Crippen molar-refractivity contribution in [3.8, 4) is 17.2 Å². The Morgan fingerprint density at radius 1 is 1.15 bits per heavy atom. The highest BCUT2D eigenvalue weighted by Crippen LogP contribution is 2.31. The molecule has 1 aliphatic heterocycles. The number of benzene rings is 2. The fraction of sp³-hybridized carbons (Fsp3) is 0.300. The maximum atomic E-state index is 12.7. The molecular formula is C20H21NO6. The zero-order valence-corrected chi connectivity index (χ0v) is 15.2. The van der Waals surface area contributed by atoms with Crippen LogP contribution >= 0.6 is 0 Å². The Morgan fingerprint density at radius 2 is 1.93 bits per heavy atom. The number of carboxylic acid groups (broad SMARTS) is 1. The first kappa shape index (κ1) is 18.6. The van der Waals surface area contributed by atoms with Gasteiger partial charge in [0.1, 0.15) is 5.75 Å². The highest BCUT2D eigenvalue weighted by Gasteiger charge is 2.22. The predicted molar refractivity (Wildman–Crippen MR) is 97.6 cm³/mol. The maximum absolute atomic E-state index is 12.7. The lowest BCUT2D eigenvalue weighted by Gasteiger charge is -2.19. The summed E-state index contributed by atoms with van der Waals surface area (Å²) in [5, 5.41) is 12.1. The van der Waals surface area contributed by atoms with E-state index < -0.39 is 12.0 Å². The van der Waals surface area contributed by atoms with Crippen molar-refractivity contribution < 1.29 is 28.9 Å². The normalized spacial score (nSPS) is 13.3. The average Bonchev–Trinajstić information content (AvgIpc) is 3.14. The fourth-order valence-electron chi connectivity index (χ4n) is 3.07. The van der Waals surface area contributed by atoms with Crippen LogP contribution in [0.15, 0.2) is 36.4 Å². The van der Waals surface area contributed by atoms with E-state index in [9.17, 15) is 14.7 Å². The number of amides is 1. The van der Waals surface area contributed by atoms with Gasteiger partial charge in [-0.05, 0) is 41.5 Å². The Balaban J connectivity index is 1.85. The second kappa shape index (κ2) is 7.99. The van der Waals surface area contributed by atoms with Gasteiger partial charge in [-0.1, -0.05) is 6.07 Å². The molecule has 3 rings (SSSR count). The van der Waals surface area contributed by atoms with Gasteiger partial charge in [0, 0.05) is 12.0 Å². The molecule has 27 heavy (non-hydrogen) atoms. The Labute approximate surface area is 156 Å². The minimum Gasteiger partial charge on any atom is -0.493 e. The minimum atomic E-state index is -1.02. The summed E-state index contributed by atoms with van der Waals surface area (Å²) in [5.74, 6) is 0.422. The summed E-state index contributed by atoms with van der Waals surface area (Å²) < 4.78 is 15.9. The molecule has 7 heteroatoms. The van der Waals surface area contributed by atoms with E-state index in [-0.39, 0.29) is 12.3 Å². The molecule has 7 nitrogen and oxygen atoms in total. The molecule has 0 fully saturated rings. The van der Waals surface area contributed by atoms with E-state index in [1.54, 1.807) is 36.4 Å². The monoisotopic (exact) mass is 371 g/mol. The Morgan fingerprint density at radius 3 is 2.63 bits per heavy atom. The lowest BCUT2D eigenvalue weighted by Crippen LogP contribution is -2.30. The molecule has 1 aliphatic rings. The van der Waals surface area contributed by atoms with Crippen molar-refractivity contribution in [1.82, 2.24) is 5.32 Å². The molecule has 1 amide bonds. The van der Waals surface area contributed by atoms with Crippen LogP contribution in [0.5, 0.6) is 17.2 Å². The van der Waals surface area contributed by atoms with Crippen molar-refractivity contribution in [3.05, 3.63) is 53.1 Å². The molecule has 0 aromatic heterocycles. The Kier molecular flexibility index (Phi) is 5.49. The van der Waals surface area contributed by atoms with E-state index in [4.69, 9.17) is 14.2 Å². The lowest BCUT2D eigenvalue weighted by atomic mass is 10.0. The van der Waals surface area contributed by atoms with Crippen molar-refractivity contribution in [2.75, 3.05) is 20.8 Å². The third kappa shape index (κ3) is 4.13. The summed E-state index contributed by atoms with van der Waals surface area (Å²) in [4.78, 5) is 24.0. The number of hydrogen-bond donors (Lipinski definition) is 2. The number of carbonyl (C=O) groups is 2. The zero-order chi connectivity index (χ0) is 19.4. The molecular weight excluding hydrogens is 350 g/mol. The number of hydrogen-bond acceptors (Lipinski definition) is 5. The molecule has 0 bridgehead atoms. The van der Waals surface area contributed by atoms with Crippen LogP contribution in [0.4, 0.5) is 0 Å². The number of methoxy groups -OCH3 is 2. The lowest BCUT2D eigenvalue weighted by molar-refractivity contribution is -0.137. The number of nitrogens with one attached hydrogen (secondary N) is 1. The van der Waals surface area contributed by atoms with Crippen molar-refractivity contribution >= 4 is 11.9 Å². The van der Waals surface area contributed by atoms with Gasteiger partial charge in [-0.3, -0.25) is 9.59 Å². The smallest absolute Gasteiger partial charge is 0.305 e. The van der Waals surface area contributed by atoms with Crippen LogP contribution in [0.2, 0.25) is 0 Å². The third-order valence-electron chi connectivity index (χ3n) is 4.45. The first-order valence-corrected chi connectivity index (χ1v) is 8.52. The fourth-order valence-corrected chi connectivity index (χ4v) is 3.07. The number of aliphatic carboxylic acids is 1. The first-order chi connectivity index (χ1) is 13.0. The zero-order valence-electron chi connectivity index (χ0n) is 15.2. The van der Waals surface area contributed by atoms with Crippen LogP contribution < -0.4 is 19.5 Å². The summed E-state index contributed by atoms with van der Waals surface area (Å²) >= 11 is 0. The van der Waals surface area contributed by atoms with Crippen LogP contribution in [-0.2, 0) is 11.2 Å². The van der Waals surface area contributed by atoms with Gasteiger partial charge >= 0.3 is 5.97 Å². The quantitative estimate of drug-likeness (QED) is 0.777. The molecule has 0 saturated carbocycles. The van der Waals surface area contributed by atoms with Crippen LogP contribution in [0, 0.1) is 0 Å². The number of carbonyl (C=O) groups excluding carboxylic acids is 1. The number of carboxylic acids is 1. The SMILES string of the molecule is COc1ccc([C@@H](CC(=O)O)NC(=O)c2ccc3c(c2)CCO3)cc1OC. The van der Waals surface area contributed by atoms with Gasteiger partial charge in [-0.15, -0.1) is 0 Å². The molecule has 2 N–H and O–H groups in total. The van der Waals surface area contributed by atoms with Gasteiger partial charge in [-0.2, -0.15) is 0 Å². The molecule has 0 saturated heterocycles. The predicted octanol–water partition coefficient (Wildman–Crippen LogP) is 2.58. The van der Waals surface area contributed by atoms with Gasteiger partial charge in [0.15, 0.2) is 11.5 Å². The highest BCUT2D eigenvalue weighted by molar-refractivity contribution is 5.95. The van der Waals surface area contributed by atoms with Crippen molar-refractivity contribution in [2.24, 2.45) is 0 Å². The Bertz CT molecular complexity index is 864. The molecule has 1 heterocycles. The topological polar surface area (TPSA) is 94.1 Å². The van der Waals surface area contributed by atoms with E-state index in [1.165, 1.54) is 14.2 Å². The van der Waals surface area contributed by atoms with E-state index >= 15 is 0 Å². The molecule has 142 valence electrons. The van der Waals surface area contributed by atoms with Crippen LogP contribution in [0.3, 0.4) is 0 Å². The van der Waals surface area contributed by atoms with Gasteiger partial charge < -0.3 is 24.6 Å². The van der Waals surface area contributed by atoms with Gasteiger partial charge in [0.05, 0.1) is 33.3 Å². The minimum absolute atomic E-state index is 0.255. The van der Waals surface area contributed by atoms with E-state index in [2.05, 4.69) is 5.32 Å². The molecule has 0 aliphatic carbocycles. The number of rotatable bonds is 7. The third-order valence-corrected chi connectivity index (χ3v) is 4.45. The average molecular weight is 371 g/mol. The maximum Gasteiger partial charge on any atom is 0.305 e. The summed E-state index contributed by atoms with van der Waals surface area (Å²) in [6.45, 7) is 0.605. The van der Waals surface area contributed by atoms with Crippen molar-refractivity contribution in [1.29, 1.82) is 0 Å². The second-order valence-electron chi connectivity index (χ2n) is 6.16. The highest BCUT2D eigenvalue weighted by atomic mass is 16.5. The molecule has 0 unspecified atom stereocenters. The van der Waals surface area contributed by atoms with Crippen molar-refractivity contribution in [2.45, 2.75) is 18.9 Å². The second-order valence-corrected chi connectivity index (χ2v) is 6.16. The van der Waals surface area contributed by atoms with E-state index in [0.717, 1.165) is 17.7 Å². The molecule has 2 aromatic rings. The van der Waals surface area contributed by atoms with Crippen LogP contribution in [0.1, 0.15) is 33.9 Å². The number of fused-ring (bicyclic) bond motifs is 1. The van der Waals surface area contributed by atoms with Crippen LogP contribution in [-0.4, -0.2) is 37.8 Å².